The lowest BCUT2D eigenvalue weighted by Crippen LogP contribution is -1.95. The second-order valence-corrected chi connectivity index (χ2v) is 2.89. The van der Waals surface area contributed by atoms with Gasteiger partial charge in [-0.2, -0.15) is 0 Å². The Labute approximate surface area is 66.0 Å². The Morgan fingerprint density at radius 3 is 2.36 bits per heavy atom. The zero-order chi connectivity index (χ0) is 7.68. The minimum absolute atomic E-state index is 0.471. The van der Waals surface area contributed by atoms with Crippen molar-refractivity contribution < 1.29 is 4.74 Å². The lowest BCUT2D eigenvalue weighted by atomic mass is 10.3. The molecule has 2 N–H and O–H groups in total. The number of ether oxygens (including phenoxy) is 1. The minimum Gasteiger partial charge on any atom is -0.490 e. The summed E-state index contributed by atoms with van der Waals surface area (Å²) in [7, 11) is 0. The zero-order valence-corrected chi connectivity index (χ0v) is 6.29. The summed E-state index contributed by atoms with van der Waals surface area (Å²) in [6, 6.07) is 7.54. The van der Waals surface area contributed by atoms with Gasteiger partial charge in [0.1, 0.15) is 5.75 Å². The molecule has 11 heavy (non-hydrogen) atoms. The van der Waals surface area contributed by atoms with Crippen molar-refractivity contribution in [2.75, 3.05) is 5.73 Å². The number of hydrogen-bond acceptors (Lipinski definition) is 2. The summed E-state index contributed by atoms with van der Waals surface area (Å²) in [6.07, 6.45) is 2.87. The predicted octanol–water partition coefficient (Wildman–Crippen LogP) is 1.81. The van der Waals surface area contributed by atoms with Crippen molar-refractivity contribution >= 4 is 5.69 Å². The molecule has 2 rings (SSSR count). The van der Waals surface area contributed by atoms with Crippen LogP contribution in [0.5, 0.6) is 5.75 Å². The summed E-state index contributed by atoms with van der Waals surface area (Å²) in [5.74, 6) is 0.932. The molecular weight excluding hydrogens is 138 g/mol. The molecule has 0 atom stereocenters. The fourth-order valence-corrected chi connectivity index (χ4v) is 0.925. The highest BCUT2D eigenvalue weighted by Gasteiger charge is 2.23. The molecule has 0 aliphatic heterocycles. The minimum atomic E-state index is 0.471. The molecule has 1 aliphatic rings. The molecule has 2 nitrogen and oxygen atoms in total. The monoisotopic (exact) mass is 149 g/mol. The summed E-state index contributed by atoms with van der Waals surface area (Å²) >= 11 is 0. The van der Waals surface area contributed by atoms with Crippen molar-refractivity contribution in [2.45, 2.75) is 18.9 Å². The van der Waals surface area contributed by atoms with Crippen LogP contribution >= 0.6 is 0 Å². The van der Waals surface area contributed by atoms with Gasteiger partial charge in [-0.15, -0.1) is 0 Å². The summed E-state index contributed by atoms with van der Waals surface area (Å²) in [4.78, 5) is 0. The van der Waals surface area contributed by atoms with Crippen molar-refractivity contribution in [3.8, 4) is 5.75 Å². The van der Waals surface area contributed by atoms with Gasteiger partial charge >= 0.3 is 0 Å². The van der Waals surface area contributed by atoms with E-state index in [1.807, 2.05) is 24.3 Å². The molecule has 0 saturated heterocycles. The molecule has 0 amide bonds. The van der Waals surface area contributed by atoms with Crippen molar-refractivity contribution in [2.24, 2.45) is 0 Å². The number of nitrogen functional groups attached to an aromatic ring is 1. The molecular formula is C9H11NO. The summed E-state index contributed by atoms with van der Waals surface area (Å²) in [5.41, 5.74) is 6.30. The highest BCUT2D eigenvalue weighted by Crippen LogP contribution is 2.26. The highest BCUT2D eigenvalue weighted by atomic mass is 16.5. The molecule has 1 aliphatic carbocycles. The molecule has 2 heteroatoms. The number of benzene rings is 1. The summed E-state index contributed by atoms with van der Waals surface area (Å²) in [5, 5.41) is 0. The molecule has 0 heterocycles. The molecule has 0 spiro atoms. The van der Waals surface area contributed by atoms with Gasteiger partial charge in [-0.3, -0.25) is 0 Å². The Kier molecular flexibility index (Phi) is 1.46. The molecule has 1 aromatic carbocycles. The molecule has 58 valence electrons. The third-order valence-corrected chi connectivity index (χ3v) is 1.71. The van der Waals surface area contributed by atoms with Gasteiger partial charge in [0.25, 0.3) is 0 Å². The Morgan fingerprint density at radius 1 is 1.18 bits per heavy atom. The second kappa shape index (κ2) is 2.46. The van der Waals surface area contributed by atoms with Crippen molar-refractivity contribution in [1.82, 2.24) is 0 Å². The first-order chi connectivity index (χ1) is 5.34. The maximum atomic E-state index is 5.52. The van der Waals surface area contributed by atoms with Crippen LogP contribution in [0.15, 0.2) is 24.3 Å². The van der Waals surface area contributed by atoms with Crippen molar-refractivity contribution in [3.05, 3.63) is 24.3 Å². The van der Waals surface area contributed by atoms with Crippen LogP contribution in [0.25, 0.3) is 0 Å². The first-order valence-electron chi connectivity index (χ1n) is 3.87. The van der Waals surface area contributed by atoms with Crippen molar-refractivity contribution in [3.63, 3.8) is 0 Å². The average molecular weight is 149 g/mol. The fourth-order valence-electron chi connectivity index (χ4n) is 0.925. The van der Waals surface area contributed by atoms with Gasteiger partial charge in [0, 0.05) is 5.69 Å². The average Bonchev–Trinajstić information content (AvgIpc) is 2.78. The van der Waals surface area contributed by atoms with Gasteiger partial charge in [-0.25, -0.2) is 0 Å². The smallest absolute Gasteiger partial charge is 0.119 e. The number of nitrogens with two attached hydrogens (primary N) is 1. The van der Waals surface area contributed by atoms with E-state index in [4.69, 9.17) is 10.5 Å². The van der Waals surface area contributed by atoms with E-state index < -0.39 is 0 Å². The van der Waals surface area contributed by atoms with E-state index in [0.717, 1.165) is 11.4 Å². The molecule has 1 aromatic rings. The van der Waals surface area contributed by atoms with Crippen LogP contribution in [0.4, 0.5) is 5.69 Å². The number of rotatable bonds is 2. The number of anilines is 1. The molecule has 0 bridgehead atoms. The SMILES string of the molecule is Nc1ccc(OC2CC2)cc1. The Morgan fingerprint density at radius 2 is 1.82 bits per heavy atom. The lowest BCUT2D eigenvalue weighted by Gasteiger charge is -2.02. The van der Waals surface area contributed by atoms with E-state index in [2.05, 4.69) is 0 Å². The summed E-state index contributed by atoms with van der Waals surface area (Å²) in [6.45, 7) is 0. The first kappa shape index (κ1) is 6.53. The van der Waals surface area contributed by atoms with E-state index >= 15 is 0 Å². The van der Waals surface area contributed by atoms with Gasteiger partial charge in [0.15, 0.2) is 0 Å². The van der Waals surface area contributed by atoms with Crippen LogP contribution in [0.1, 0.15) is 12.8 Å². The van der Waals surface area contributed by atoms with E-state index in [9.17, 15) is 0 Å². The van der Waals surface area contributed by atoms with Gasteiger partial charge in [-0.1, -0.05) is 0 Å². The Balaban J connectivity index is 2.06. The van der Waals surface area contributed by atoms with E-state index in [0.29, 0.717) is 6.10 Å². The van der Waals surface area contributed by atoms with Crippen LogP contribution in [-0.4, -0.2) is 6.10 Å². The van der Waals surface area contributed by atoms with E-state index in [-0.39, 0.29) is 0 Å². The molecule has 0 aromatic heterocycles. The first-order valence-corrected chi connectivity index (χ1v) is 3.87. The van der Waals surface area contributed by atoms with Crippen molar-refractivity contribution in [1.29, 1.82) is 0 Å². The van der Waals surface area contributed by atoms with Crippen LogP contribution in [0.2, 0.25) is 0 Å². The quantitative estimate of drug-likeness (QED) is 0.651. The van der Waals surface area contributed by atoms with E-state index in [1.165, 1.54) is 12.8 Å². The standard InChI is InChI=1S/C9H11NO/c10-7-1-3-8(4-2-7)11-9-5-6-9/h1-4,9H,5-6,10H2. The predicted molar refractivity (Wildman–Crippen MR) is 44.5 cm³/mol. The van der Waals surface area contributed by atoms with Crippen LogP contribution < -0.4 is 10.5 Å². The van der Waals surface area contributed by atoms with Crippen LogP contribution in [0, 0.1) is 0 Å². The number of hydrogen-bond donors (Lipinski definition) is 1. The maximum absolute atomic E-state index is 5.52. The maximum Gasteiger partial charge on any atom is 0.119 e. The second-order valence-electron chi connectivity index (χ2n) is 2.89. The largest absolute Gasteiger partial charge is 0.490 e. The van der Waals surface area contributed by atoms with Crippen LogP contribution in [-0.2, 0) is 0 Å². The fraction of sp³-hybridized carbons (Fsp3) is 0.333. The Hall–Kier alpha value is -1.18. The third-order valence-electron chi connectivity index (χ3n) is 1.71. The van der Waals surface area contributed by atoms with Gasteiger partial charge in [0.05, 0.1) is 6.10 Å². The van der Waals surface area contributed by atoms with Gasteiger partial charge in [0.2, 0.25) is 0 Å². The molecule has 0 unspecified atom stereocenters. The lowest BCUT2D eigenvalue weighted by molar-refractivity contribution is 0.303. The summed E-state index contributed by atoms with van der Waals surface area (Å²) < 4.78 is 5.52. The topological polar surface area (TPSA) is 35.2 Å². The van der Waals surface area contributed by atoms with Gasteiger partial charge < -0.3 is 10.5 Å². The third kappa shape index (κ3) is 1.64. The highest BCUT2D eigenvalue weighted by molar-refractivity contribution is 5.41. The normalized spacial score (nSPS) is 16.4. The van der Waals surface area contributed by atoms with E-state index in [1.54, 1.807) is 0 Å². The van der Waals surface area contributed by atoms with Crippen LogP contribution in [0.3, 0.4) is 0 Å². The molecule has 0 radical (unpaired) electrons. The zero-order valence-electron chi connectivity index (χ0n) is 6.29. The van der Waals surface area contributed by atoms with Gasteiger partial charge in [-0.05, 0) is 37.1 Å². The Bertz CT molecular complexity index is 238. The molecule has 1 fully saturated rings. The molecule has 1 saturated carbocycles.